The average Bonchev–Trinajstić information content (AvgIpc) is 3.10. The zero-order chi connectivity index (χ0) is 22.6. The van der Waals surface area contributed by atoms with Crippen molar-refractivity contribution in [3.8, 4) is 17.2 Å². The van der Waals surface area contributed by atoms with Crippen LogP contribution in [0.4, 0.5) is 0 Å². The van der Waals surface area contributed by atoms with Crippen LogP contribution in [0.3, 0.4) is 0 Å². The van der Waals surface area contributed by atoms with Crippen LogP contribution < -0.4 is 19.5 Å². The number of rotatable bonds is 7. The summed E-state index contributed by atoms with van der Waals surface area (Å²) in [4.78, 5) is 27.7. The molecule has 0 radical (unpaired) electrons. The second-order valence-corrected chi connectivity index (χ2v) is 9.37. The van der Waals surface area contributed by atoms with Crippen LogP contribution in [-0.4, -0.2) is 57.2 Å². The van der Waals surface area contributed by atoms with Gasteiger partial charge in [-0.05, 0) is 37.0 Å². The van der Waals surface area contributed by atoms with E-state index in [2.05, 4.69) is 5.32 Å². The highest BCUT2D eigenvalue weighted by Crippen LogP contribution is 2.43. The molecule has 7 heteroatoms. The van der Waals surface area contributed by atoms with Gasteiger partial charge >= 0.3 is 0 Å². The van der Waals surface area contributed by atoms with Crippen molar-refractivity contribution in [1.29, 1.82) is 0 Å². The fourth-order valence-electron chi connectivity index (χ4n) is 3.88. The summed E-state index contributed by atoms with van der Waals surface area (Å²) in [6, 6.07) is 3.77. The number of amides is 2. The molecule has 0 saturated carbocycles. The standard InChI is InChI=1S/C23H36N2O5/c1-14(2)24-22(27)17-13-25(20(26)11-23(3,4)5)12-16(17)15-9-18(28-6)21(30-8)19(10-15)29-7/h9-10,14,16-17H,11-13H2,1-8H3,(H,24,27). The Hall–Kier alpha value is -2.44. The highest BCUT2D eigenvalue weighted by Gasteiger charge is 2.41. The second-order valence-electron chi connectivity index (χ2n) is 9.37. The Morgan fingerprint density at radius 3 is 2.07 bits per heavy atom. The highest BCUT2D eigenvalue weighted by molar-refractivity contribution is 5.84. The van der Waals surface area contributed by atoms with Crippen LogP contribution in [0.5, 0.6) is 17.2 Å². The van der Waals surface area contributed by atoms with Crippen LogP contribution in [0, 0.1) is 11.3 Å². The summed E-state index contributed by atoms with van der Waals surface area (Å²) < 4.78 is 16.4. The van der Waals surface area contributed by atoms with Crippen LogP contribution in [0.25, 0.3) is 0 Å². The van der Waals surface area contributed by atoms with Gasteiger partial charge < -0.3 is 24.4 Å². The molecule has 1 aromatic carbocycles. The molecular weight excluding hydrogens is 384 g/mol. The minimum atomic E-state index is -0.348. The van der Waals surface area contributed by atoms with E-state index in [1.165, 1.54) is 0 Å². The lowest BCUT2D eigenvalue weighted by atomic mass is 9.87. The number of ether oxygens (including phenoxy) is 3. The Morgan fingerprint density at radius 1 is 1.07 bits per heavy atom. The fraction of sp³-hybridized carbons (Fsp3) is 0.652. The van der Waals surface area contributed by atoms with E-state index in [0.717, 1.165) is 5.56 Å². The number of benzene rings is 1. The van der Waals surface area contributed by atoms with E-state index in [9.17, 15) is 9.59 Å². The van der Waals surface area contributed by atoms with Crippen molar-refractivity contribution in [3.05, 3.63) is 17.7 Å². The van der Waals surface area contributed by atoms with Crippen LogP contribution in [0.1, 0.15) is 52.5 Å². The maximum atomic E-state index is 13.0. The summed E-state index contributed by atoms with van der Waals surface area (Å²) in [7, 11) is 4.69. The number of methoxy groups -OCH3 is 3. The Balaban J connectivity index is 2.43. The SMILES string of the molecule is COc1cc(C2CN(C(=O)CC(C)(C)C)CC2C(=O)NC(C)C)cc(OC)c1OC. The largest absolute Gasteiger partial charge is 0.493 e. The molecule has 168 valence electrons. The zero-order valence-electron chi connectivity index (χ0n) is 19.5. The summed E-state index contributed by atoms with van der Waals surface area (Å²) >= 11 is 0. The van der Waals surface area contributed by atoms with Gasteiger partial charge in [-0.2, -0.15) is 0 Å². The molecule has 7 nitrogen and oxygen atoms in total. The first kappa shape index (κ1) is 23.8. The smallest absolute Gasteiger partial charge is 0.225 e. The zero-order valence-corrected chi connectivity index (χ0v) is 19.5. The normalized spacial score (nSPS) is 19.0. The lowest BCUT2D eigenvalue weighted by molar-refractivity contribution is -0.132. The number of carbonyl (C=O) groups excluding carboxylic acids is 2. The lowest BCUT2D eigenvalue weighted by Gasteiger charge is -2.23. The third-order valence-electron chi connectivity index (χ3n) is 5.24. The first-order valence-corrected chi connectivity index (χ1v) is 10.4. The van der Waals surface area contributed by atoms with Crippen molar-refractivity contribution in [2.45, 2.75) is 53.0 Å². The lowest BCUT2D eigenvalue weighted by Crippen LogP contribution is -2.39. The van der Waals surface area contributed by atoms with E-state index in [1.807, 2.05) is 51.7 Å². The van der Waals surface area contributed by atoms with E-state index >= 15 is 0 Å². The molecule has 1 aromatic rings. The molecule has 1 saturated heterocycles. The molecule has 1 N–H and O–H groups in total. The Bertz CT molecular complexity index is 744. The maximum absolute atomic E-state index is 13.0. The van der Waals surface area contributed by atoms with Gasteiger partial charge in [-0.1, -0.05) is 20.8 Å². The van der Waals surface area contributed by atoms with Crippen LogP contribution in [-0.2, 0) is 9.59 Å². The molecule has 0 bridgehead atoms. The predicted octanol–water partition coefficient (Wildman–Crippen LogP) is 3.22. The number of hydrogen-bond donors (Lipinski definition) is 1. The van der Waals surface area contributed by atoms with E-state index < -0.39 is 0 Å². The molecule has 30 heavy (non-hydrogen) atoms. The van der Waals surface area contributed by atoms with E-state index in [-0.39, 0.29) is 35.1 Å². The minimum absolute atomic E-state index is 0.0254. The van der Waals surface area contributed by atoms with Crippen LogP contribution in [0.15, 0.2) is 12.1 Å². The Labute approximate surface area is 180 Å². The van der Waals surface area contributed by atoms with Gasteiger partial charge in [0.15, 0.2) is 11.5 Å². The summed E-state index contributed by atoms with van der Waals surface area (Å²) in [5, 5.41) is 3.01. The van der Waals surface area contributed by atoms with Crippen molar-refractivity contribution < 1.29 is 23.8 Å². The molecule has 0 aliphatic carbocycles. The summed E-state index contributed by atoms with van der Waals surface area (Å²) in [5.74, 6) is 1.09. The number of carbonyl (C=O) groups is 2. The van der Waals surface area contributed by atoms with Crippen molar-refractivity contribution in [1.82, 2.24) is 10.2 Å². The summed E-state index contributed by atoms with van der Waals surface area (Å²) in [6.45, 7) is 10.9. The molecule has 2 rings (SSSR count). The molecule has 0 aromatic heterocycles. The topological polar surface area (TPSA) is 77.1 Å². The van der Waals surface area contributed by atoms with Gasteiger partial charge in [-0.3, -0.25) is 9.59 Å². The van der Waals surface area contributed by atoms with Gasteiger partial charge in [0.05, 0.1) is 27.2 Å². The minimum Gasteiger partial charge on any atom is -0.493 e. The van der Waals surface area contributed by atoms with Gasteiger partial charge in [0.1, 0.15) is 0 Å². The Morgan fingerprint density at radius 2 is 1.63 bits per heavy atom. The third-order valence-corrected chi connectivity index (χ3v) is 5.24. The van der Waals surface area contributed by atoms with Gasteiger partial charge in [-0.25, -0.2) is 0 Å². The summed E-state index contributed by atoms with van der Waals surface area (Å²) in [5.41, 5.74) is 0.775. The van der Waals surface area contributed by atoms with Gasteiger partial charge in [0.2, 0.25) is 17.6 Å². The molecule has 0 spiro atoms. The number of hydrogen-bond acceptors (Lipinski definition) is 5. The second kappa shape index (κ2) is 9.58. The van der Waals surface area contributed by atoms with Crippen molar-refractivity contribution in [2.75, 3.05) is 34.4 Å². The molecule has 2 unspecified atom stereocenters. The molecule has 2 amide bonds. The molecule has 1 fully saturated rings. The fourth-order valence-corrected chi connectivity index (χ4v) is 3.88. The number of nitrogens with one attached hydrogen (secondary N) is 1. The van der Waals surface area contributed by atoms with Crippen molar-refractivity contribution in [3.63, 3.8) is 0 Å². The first-order chi connectivity index (χ1) is 14.0. The average molecular weight is 421 g/mol. The van der Waals surface area contributed by atoms with Crippen molar-refractivity contribution >= 4 is 11.8 Å². The quantitative estimate of drug-likeness (QED) is 0.733. The number of nitrogens with zero attached hydrogens (tertiary/aromatic N) is 1. The van der Waals surface area contributed by atoms with Gasteiger partial charge in [-0.15, -0.1) is 0 Å². The molecular formula is C23H36N2O5. The molecule has 1 aliphatic rings. The number of likely N-dealkylation sites (tertiary alicyclic amines) is 1. The van der Waals surface area contributed by atoms with Gasteiger partial charge in [0, 0.05) is 31.5 Å². The van der Waals surface area contributed by atoms with E-state index in [4.69, 9.17) is 14.2 Å². The van der Waals surface area contributed by atoms with E-state index in [0.29, 0.717) is 36.8 Å². The predicted molar refractivity (Wildman–Crippen MR) is 116 cm³/mol. The van der Waals surface area contributed by atoms with Crippen molar-refractivity contribution in [2.24, 2.45) is 11.3 Å². The van der Waals surface area contributed by atoms with Gasteiger partial charge in [0.25, 0.3) is 0 Å². The van der Waals surface area contributed by atoms with Crippen LogP contribution in [0.2, 0.25) is 0 Å². The maximum Gasteiger partial charge on any atom is 0.225 e. The Kier molecular flexibility index (Phi) is 7.61. The van der Waals surface area contributed by atoms with Crippen LogP contribution >= 0.6 is 0 Å². The highest BCUT2D eigenvalue weighted by atomic mass is 16.5. The van der Waals surface area contributed by atoms with E-state index in [1.54, 1.807) is 21.3 Å². The first-order valence-electron chi connectivity index (χ1n) is 10.4. The third kappa shape index (κ3) is 5.58. The molecule has 2 atom stereocenters. The molecule has 1 heterocycles. The molecule has 1 aliphatic heterocycles. The summed E-state index contributed by atoms with van der Waals surface area (Å²) in [6.07, 6.45) is 0.438. The monoisotopic (exact) mass is 420 g/mol.